The minimum absolute atomic E-state index is 0.219. The number of nitrogens with zero attached hydrogens (tertiary/aromatic N) is 3. The first-order chi connectivity index (χ1) is 29.7. The van der Waals surface area contributed by atoms with Gasteiger partial charge in [0.1, 0.15) is 11.6 Å². The van der Waals surface area contributed by atoms with Crippen LogP contribution in [0, 0.1) is 20.8 Å². The van der Waals surface area contributed by atoms with Crippen LogP contribution in [0.5, 0.6) is 0 Å². The van der Waals surface area contributed by atoms with Crippen molar-refractivity contribution >= 4 is 72.1 Å². The Balaban J connectivity index is 1.57. The number of aromatic nitrogens is 3. The fourth-order valence-corrected chi connectivity index (χ4v) is 13.1. The Morgan fingerprint density at radius 1 is 0.391 bits per heavy atom. The molecule has 0 aliphatic heterocycles. The third-order valence-corrected chi connectivity index (χ3v) is 20.2. The molecule has 0 amide bonds. The van der Waals surface area contributed by atoms with E-state index in [9.17, 15) is 0 Å². The summed E-state index contributed by atoms with van der Waals surface area (Å²) in [6, 6.07) is 36.4. The molecule has 0 spiro atoms. The Hall–Kier alpha value is -4.76. The molecule has 0 fully saturated rings. The molecule has 8 aromatic rings. The van der Waals surface area contributed by atoms with E-state index in [-0.39, 0.29) is 10.8 Å². The van der Waals surface area contributed by atoms with Gasteiger partial charge in [0.2, 0.25) is 0 Å². The lowest BCUT2D eigenvalue weighted by molar-refractivity contribution is 0.453. The van der Waals surface area contributed by atoms with Crippen LogP contribution in [0.15, 0.2) is 91.0 Å². The lowest BCUT2D eigenvalue weighted by Crippen LogP contribution is -2.37. The maximum atomic E-state index is 5.44. The van der Waals surface area contributed by atoms with Crippen LogP contribution in [0.1, 0.15) is 76.3 Å². The molecule has 3 nitrogen and oxygen atoms in total. The Morgan fingerprint density at radius 2 is 0.719 bits per heavy atom. The molecule has 1 heterocycles. The molecule has 0 N–H and O–H groups in total. The van der Waals surface area contributed by atoms with E-state index in [1.165, 1.54) is 97.9 Å². The van der Waals surface area contributed by atoms with Crippen LogP contribution >= 0.6 is 0 Å². The van der Waals surface area contributed by atoms with Crippen molar-refractivity contribution in [3.63, 3.8) is 0 Å². The average Bonchev–Trinajstić information content (AvgIpc) is 3.21. The van der Waals surface area contributed by atoms with Crippen molar-refractivity contribution in [3.8, 4) is 44.8 Å². The molecule has 0 radical (unpaired) electrons. The number of benzene rings is 7. The summed E-state index contributed by atoms with van der Waals surface area (Å²) in [5.74, 6) is 2.44. The van der Waals surface area contributed by atoms with Gasteiger partial charge in [0.25, 0.3) is 0 Å². The number of hydrogen-bond donors (Lipinski definition) is 0. The molecule has 0 saturated carbocycles. The Labute approximate surface area is 387 Å². The van der Waals surface area contributed by atoms with Gasteiger partial charge in [0.15, 0.2) is 5.82 Å². The Morgan fingerprint density at radius 3 is 1.03 bits per heavy atom. The van der Waals surface area contributed by atoms with E-state index in [0.717, 1.165) is 29.5 Å². The molecule has 6 heteroatoms. The zero-order valence-electron chi connectivity index (χ0n) is 42.2. The molecule has 0 saturated heterocycles. The van der Waals surface area contributed by atoms with Crippen LogP contribution in [-0.2, 0) is 10.8 Å². The first-order valence-corrected chi connectivity index (χ1v) is 34.1. The van der Waals surface area contributed by atoms with Crippen LogP contribution in [-0.4, -0.2) is 39.2 Å². The summed E-state index contributed by atoms with van der Waals surface area (Å²) in [7, 11) is -4.61. The topological polar surface area (TPSA) is 38.7 Å². The summed E-state index contributed by atoms with van der Waals surface area (Å²) in [5, 5.41) is 12.1. The summed E-state index contributed by atoms with van der Waals surface area (Å²) >= 11 is 0. The molecule has 7 aromatic carbocycles. The minimum atomic E-state index is -1.55. The van der Waals surface area contributed by atoms with Gasteiger partial charge in [0.05, 0.1) is 24.2 Å². The van der Waals surface area contributed by atoms with Crippen LogP contribution < -0.4 is 15.6 Å². The van der Waals surface area contributed by atoms with Gasteiger partial charge in [-0.05, 0) is 122 Å². The summed E-state index contributed by atoms with van der Waals surface area (Å²) < 4.78 is 0. The van der Waals surface area contributed by atoms with Crippen LogP contribution in [0.25, 0.3) is 77.1 Å². The number of rotatable bonds is 9. The standard InChI is InChI=1S/C58H71N3Si3/c1-19-58(8,9)56-60-54(59-55(61-56)57(5,6)7)51-34-50(43-25-22-40(32-37(43)4)64(16,17)18)46-27-26-44-48(41-23-20-38(30-35(41)2)62(10,11)12)33-49(45-28-29-47(51)53(46)52(44)45)42-24-21-39(31-36(42)3)63(13,14)15/h20-34H,19H2,1-18H3. The van der Waals surface area contributed by atoms with Crippen molar-refractivity contribution in [3.05, 3.63) is 119 Å². The highest BCUT2D eigenvalue weighted by atomic mass is 28.3. The molecule has 1 aromatic heterocycles. The number of aryl methyl sites for hydroxylation is 3. The van der Waals surface area contributed by atoms with E-state index in [2.05, 4.69) is 212 Å². The fourth-order valence-electron chi connectivity index (χ4n) is 9.44. The summed E-state index contributed by atoms with van der Waals surface area (Å²) in [6.07, 6.45) is 0.925. The van der Waals surface area contributed by atoms with Crippen molar-refractivity contribution in [1.82, 2.24) is 15.0 Å². The first kappa shape index (κ1) is 45.8. The van der Waals surface area contributed by atoms with Crippen molar-refractivity contribution < 1.29 is 0 Å². The van der Waals surface area contributed by atoms with Gasteiger partial charge < -0.3 is 0 Å². The second-order valence-electron chi connectivity index (χ2n) is 23.6. The quantitative estimate of drug-likeness (QED) is 0.107. The predicted octanol–water partition coefficient (Wildman–Crippen LogP) is 15.0. The summed E-state index contributed by atoms with van der Waals surface area (Å²) in [6.45, 7) is 42.3. The molecule has 0 aliphatic carbocycles. The normalized spacial score (nSPS) is 13.2. The van der Waals surface area contributed by atoms with Gasteiger partial charge >= 0.3 is 0 Å². The molecule has 0 atom stereocenters. The van der Waals surface area contributed by atoms with Gasteiger partial charge in [-0.25, -0.2) is 15.0 Å². The molecule has 0 bridgehead atoms. The molecule has 330 valence electrons. The molecule has 0 aliphatic rings. The third kappa shape index (κ3) is 8.13. The molecular weight excluding hydrogens is 823 g/mol. The highest BCUT2D eigenvalue weighted by Crippen LogP contribution is 2.49. The molecule has 8 rings (SSSR count). The van der Waals surface area contributed by atoms with Gasteiger partial charge in [-0.3, -0.25) is 0 Å². The Bertz CT molecular complexity index is 3050. The van der Waals surface area contributed by atoms with E-state index in [4.69, 9.17) is 15.0 Å². The third-order valence-electron chi connectivity index (χ3n) is 14.1. The zero-order valence-corrected chi connectivity index (χ0v) is 45.2. The van der Waals surface area contributed by atoms with Gasteiger partial charge in [-0.1, -0.05) is 195 Å². The number of hydrogen-bond acceptors (Lipinski definition) is 3. The maximum absolute atomic E-state index is 5.44. The highest BCUT2D eigenvalue weighted by molar-refractivity contribution is 6.89. The minimum Gasteiger partial charge on any atom is -0.217 e. The van der Waals surface area contributed by atoms with Gasteiger partial charge in [-0.2, -0.15) is 0 Å². The van der Waals surface area contributed by atoms with Crippen molar-refractivity contribution in [2.45, 2.75) is 138 Å². The molecular formula is C58H71N3Si3. The van der Waals surface area contributed by atoms with Gasteiger partial charge in [0, 0.05) is 16.4 Å². The second kappa shape index (κ2) is 15.7. The second-order valence-corrected chi connectivity index (χ2v) is 38.9. The lowest BCUT2D eigenvalue weighted by atomic mass is 9.81. The summed E-state index contributed by atoms with van der Waals surface area (Å²) in [5.41, 5.74) is 12.2. The van der Waals surface area contributed by atoms with E-state index in [1.807, 2.05) is 0 Å². The van der Waals surface area contributed by atoms with Gasteiger partial charge in [-0.15, -0.1) is 0 Å². The molecule has 64 heavy (non-hydrogen) atoms. The highest BCUT2D eigenvalue weighted by Gasteiger charge is 2.30. The average molecular weight is 894 g/mol. The Kier molecular flexibility index (Phi) is 11.2. The SMILES string of the molecule is CCC(C)(C)c1nc(-c2cc(-c3ccc([Si](C)(C)C)cc3C)c3ccc4c(-c5ccc([Si](C)(C)C)cc5C)cc(-c5ccc([Si](C)(C)C)cc5C)c5ccc2c3c54)nc(C(C)(C)C)n1. The first-order valence-electron chi connectivity index (χ1n) is 23.6. The maximum Gasteiger partial charge on any atom is 0.164 e. The van der Waals surface area contributed by atoms with Crippen LogP contribution in [0.3, 0.4) is 0 Å². The zero-order chi connectivity index (χ0) is 46.6. The fraction of sp³-hybridized carbons (Fsp3) is 0.362. The van der Waals surface area contributed by atoms with Crippen LogP contribution in [0.2, 0.25) is 58.9 Å². The van der Waals surface area contributed by atoms with E-state index in [0.29, 0.717) is 0 Å². The molecule has 0 unspecified atom stereocenters. The summed E-state index contributed by atoms with van der Waals surface area (Å²) in [4.78, 5) is 16.1. The van der Waals surface area contributed by atoms with Crippen molar-refractivity contribution in [1.29, 1.82) is 0 Å². The largest absolute Gasteiger partial charge is 0.217 e. The lowest BCUT2D eigenvalue weighted by Gasteiger charge is -2.26. The van der Waals surface area contributed by atoms with Crippen molar-refractivity contribution in [2.24, 2.45) is 0 Å². The smallest absolute Gasteiger partial charge is 0.164 e. The van der Waals surface area contributed by atoms with E-state index < -0.39 is 24.2 Å². The van der Waals surface area contributed by atoms with Crippen molar-refractivity contribution in [2.75, 3.05) is 0 Å². The van der Waals surface area contributed by atoms with Crippen LogP contribution in [0.4, 0.5) is 0 Å². The predicted molar refractivity (Wildman–Crippen MR) is 290 cm³/mol. The van der Waals surface area contributed by atoms with E-state index in [1.54, 1.807) is 0 Å². The van der Waals surface area contributed by atoms with E-state index >= 15 is 0 Å². The monoisotopic (exact) mass is 893 g/mol.